The number of nitrogens with one attached hydrogen (secondary N) is 1. The van der Waals surface area contributed by atoms with Crippen molar-refractivity contribution in [2.24, 2.45) is 17.0 Å². The monoisotopic (exact) mass is 1550 g/mol. The summed E-state index contributed by atoms with van der Waals surface area (Å²) in [6.45, 7) is 39.7. The van der Waals surface area contributed by atoms with Crippen LogP contribution in [0.4, 0.5) is 11.5 Å². The summed E-state index contributed by atoms with van der Waals surface area (Å²) in [5, 5.41) is 22.1. The van der Waals surface area contributed by atoms with Gasteiger partial charge in [0.2, 0.25) is 5.78 Å². The maximum Gasteiger partial charge on any atom is 0.272 e. The van der Waals surface area contributed by atoms with E-state index >= 15 is 0 Å². The number of carbonyl (C=O) groups excluding carboxylic acids is 2. The summed E-state index contributed by atoms with van der Waals surface area (Å²) in [6, 6.07) is 71.6. The Bertz CT molecular complexity index is 5200. The molecule has 0 saturated carbocycles. The quantitative estimate of drug-likeness (QED) is 0.0218. The predicted octanol–water partition coefficient (Wildman–Crippen LogP) is 19.4. The third kappa shape index (κ3) is 25.5. The number of pyridine rings is 1. The molecule has 0 aliphatic rings. The van der Waals surface area contributed by atoms with Crippen LogP contribution >= 0.6 is 35.8 Å². The first-order valence-corrected chi connectivity index (χ1v) is 38.7. The van der Waals surface area contributed by atoms with Crippen LogP contribution in [0, 0.1) is 18.9 Å². The molecule has 0 aliphatic carbocycles. The zero-order valence-corrected chi connectivity index (χ0v) is 69.7. The number of anilines is 2. The second kappa shape index (κ2) is 38.9. The van der Waals surface area contributed by atoms with E-state index in [1.165, 1.54) is 0 Å². The van der Waals surface area contributed by atoms with Crippen molar-refractivity contribution in [1.29, 1.82) is 0 Å². The van der Waals surface area contributed by atoms with Gasteiger partial charge in [-0.2, -0.15) is 20.4 Å². The van der Waals surface area contributed by atoms with Crippen molar-refractivity contribution in [1.82, 2.24) is 58.6 Å². The number of nitrogens with two attached hydrogens (primary N) is 3. The average molecular weight is 1550 g/mol. The van der Waals surface area contributed by atoms with Crippen LogP contribution in [0.5, 0.6) is 0 Å². The third-order valence-electron chi connectivity index (χ3n) is 17.3. The molecule has 13 aromatic rings. The number of thiocarbonyl (C=S) groups is 2. The Labute approximate surface area is 675 Å². The molecule has 0 aliphatic heterocycles. The highest BCUT2D eigenvalue weighted by molar-refractivity contribution is 7.80. The maximum atomic E-state index is 12.5. The fourth-order valence-corrected chi connectivity index (χ4v) is 12.0. The highest BCUT2D eigenvalue weighted by atomic mass is 32.1. The summed E-state index contributed by atoms with van der Waals surface area (Å²) in [5.74, 6) is 6.69. The zero-order valence-electron chi connectivity index (χ0n) is 67.2. The van der Waals surface area contributed by atoms with Crippen LogP contribution in [-0.4, -0.2) is 86.6 Å². The molecule has 7 heterocycles. The maximum absolute atomic E-state index is 12.5. The first-order valence-electron chi connectivity index (χ1n) is 37.0. The zero-order chi connectivity index (χ0) is 81.6. The van der Waals surface area contributed by atoms with Gasteiger partial charge < -0.3 is 21.7 Å². The molecule has 0 bridgehead atoms. The van der Waals surface area contributed by atoms with Crippen molar-refractivity contribution in [3.63, 3.8) is 0 Å². The Morgan fingerprint density at radius 2 is 0.938 bits per heavy atom. The Morgan fingerprint density at radius 1 is 0.527 bits per heavy atom. The minimum absolute atomic E-state index is 0.00496. The molecule has 7 N–H and O–H groups in total. The molecule has 0 spiro atoms. The van der Waals surface area contributed by atoms with Crippen LogP contribution in [0.25, 0.3) is 44.7 Å². The molecule has 0 atom stereocenters. The molecule has 6 aromatic carbocycles. The van der Waals surface area contributed by atoms with Gasteiger partial charge in [-0.05, 0) is 97.9 Å². The number of Topliss-reactive ketones (excluding diaryl/α,β-unsaturated/α-hetero) is 2. The summed E-state index contributed by atoms with van der Waals surface area (Å²) in [7, 11) is 0. The predicted molar refractivity (Wildman–Crippen MR) is 466 cm³/mol. The van der Waals surface area contributed by atoms with E-state index in [-0.39, 0.29) is 51.6 Å². The van der Waals surface area contributed by atoms with Gasteiger partial charge in [-0.1, -0.05) is 250 Å². The highest BCUT2D eigenvalue weighted by Gasteiger charge is 2.26. The van der Waals surface area contributed by atoms with Gasteiger partial charge in [0.25, 0.3) is 6.54 Å². The minimum atomic E-state index is -0.343. The van der Waals surface area contributed by atoms with Gasteiger partial charge in [0, 0.05) is 104 Å². The fraction of sp³-hybridized carbons (Fsp3) is 0.289. The van der Waals surface area contributed by atoms with Crippen molar-refractivity contribution in [2.75, 3.05) is 17.7 Å². The van der Waals surface area contributed by atoms with Gasteiger partial charge >= 0.3 is 0 Å². The van der Waals surface area contributed by atoms with E-state index in [1.54, 1.807) is 22.3 Å². The van der Waals surface area contributed by atoms with E-state index in [2.05, 4.69) is 150 Å². The molecule has 112 heavy (non-hydrogen) atoms. The minimum Gasteiger partial charge on any atom is -0.393 e. The largest absolute Gasteiger partial charge is 0.393 e. The molecule has 580 valence electrons. The number of aryl methyl sites for hydroxylation is 1. The molecular formula is C90H105N17O2S3. The van der Waals surface area contributed by atoms with Crippen LogP contribution in [0.15, 0.2) is 242 Å². The molecule has 0 unspecified atom stereocenters. The van der Waals surface area contributed by atoms with Crippen molar-refractivity contribution in [3.8, 4) is 39.8 Å². The highest BCUT2D eigenvalue weighted by Crippen LogP contribution is 2.31. The van der Waals surface area contributed by atoms with Gasteiger partial charge in [0.15, 0.2) is 5.78 Å². The SMILES string of the molecule is CC(C)(C)c1cc(CC(=S)CC(=O)c2ccccc2)n(-c2ccccc2)n1.CC(C)(C)c1cc(CC(N)=S)n(-c2ccccc2)n1.CC(C)(C)c1cc(N)n(-c2ccccc2)n1.Cc1cn(-c2ccc(-c3csc(Cc4cc(C(C)(C)C)nn4-c4ccccc4)n3)cn2)cn1.NNc1ccccc1.[C-]#[N+]CC(=O)C(C)(C)C. The smallest absolute Gasteiger partial charge is 0.272 e. The van der Waals surface area contributed by atoms with Crippen molar-refractivity contribution >= 4 is 68.7 Å². The Kier molecular flexibility index (Phi) is 29.9. The van der Waals surface area contributed by atoms with Crippen LogP contribution in [0.2, 0.25) is 0 Å². The molecule has 0 fully saturated rings. The molecule has 0 radical (unpaired) electrons. The van der Waals surface area contributed by atoms with E-state index in [9.17, 15) is 9.59 Å². The lowest BCUT2D eigenvalue weighted by molar-refractivity contribution is -0.124. The Balaban J connectivity index is 0.000000179. The van der Waals surface area contributed by atoms with E-state index < -0.39 is 0 Å². The second-order valence-corrected chi connectivity index (χ2v) is 34.0. The van der Waals surface area contributed by atoms with E-state index in [4.69, 9.17) is 68.6 Å². The lowest BCUT2D eigenvalue weighted by atomic mass is 9.91. The van der Waals surface area contributed by atoms with E-state index in [0.717, 1.165) is 107 Å². The van der Waals surface area contributed by atoms with Crippen LogP contribution in [-0.2, 0) is 45.7 Å². The lowest BCUT2D eigenvalue weighted by Gasteiger charge is -2.14. The fourth-order valence-electron chi connectivity index (χ4n) is 10.8. The van der Waals surface area contributed by atoms with E-state index in [1.807, 2.05) is 241 Å². The molecular weight excluding hydrogens is 1450 g/mol. The number of aromatic nitrogens is 12. The van der Waals surface area contributed by atoms with Gasteiger partial charge in [0.1, 0.15) is 18.0 Å². The Morgan fingerprint density at radius 3 is 1.31 bits per heavy atom. The second-order valence-electron chi connectivity index (χ2n) is 32.0. The number of thiazole rings is 1. The Hall–Kier alpha value is -11.5. The number of hydrogen-bond donors (Lipinski definition) is 4. The van der Waals surface area contributed by atoms with Gasteiger partial charge in [-0.25, -0.2) is 40.3 Å². The topological polar surface area (TPSA) is 243 Å². The number of para-hydroxylation sites is 5. The van der Waals surface area contributed by atoms with Crippen molar-refractivity contribution in [3.05, 3.63) is 310 Å². The summed E-state index contributed by atoms with van der Waals surface area (Å²) < 4.78 is 9.62. The normalized spacial score (nSPS) is 11.3. The summed E-state index contributed by atoms with van der Waals surface area (Å²) in [5.41, 5.74) is 29.7. The number of carbonyl (C=O) groups is 2. The van der Waals surface area contributed by atoms with Gasteiger partial charge in [-0.15, -0.1) is 11.3 Å². The number of rotatable bonds is 17. The van der Waals surface area contributed by atoms with Crippen molar-refractivity contribution < 1.29 is 9.59 Å². The molecule has 7 aromatic heterocycles. The van der Waals surface area contributed by atoms with Gasteiger partial charge in [-0.3, -0.25) is 20.0 Å². The number of imidazole rings is 1. The summed E-state index contributed by atoms with van der Waals surface area (Å²) >= 11 is 12.3. The average Bonchev–Trinajstić information content (AvgIpc) is 1.66. The summed E-state index contributed by atoms with van der Waals surface area (Å²) in [4.78, 5) is 41.3. The van der Waals surface area contributed by atoms with Crippen LogP contribution in [0.3, 0.4) is 0 Å². The molecule has 22 heteroatoms. The van der Waals surface area contributed by atoms with Crippen molar-refractivity contribution in [2.45, 2.75) is 158 Å². The third-order valence-corrected chi connectivity index (χ3v) is 18.5. The molecule has 19 nitrogen and oxygen atoms in total. The van der Waals surface area contributed by atoms with Crippen LogP contribution < -0.4 is 22.7 Å². The van der Waals surface area contributed by atoms with E-state index in [0.29, 0.717) is 29.2 Å². The number of ketones is 2. The molecule has 0 saturated heterocycles. The van der Waals surface area contributed by atoms with Crippen LogP contribution in [0.1, 0.15) is 171 Å². The number of nitrogen functional groups attached to an aromatic ring is 2. The molecule has 13 rings (SSSR count). The first kappa shape index (κ1) is 86.1. The van der Waals surface area contributed by atoms with Gasteiger partial charge in [0.05, 0.1) is 78.3 Å². The standard InChI is InChI=1S/C26H26N6S.C23H24N2OS.C15H19N3S.C13H17N3.C7H11NO.C6H8N2/c1-18-15-31(17-28-18)24-11-10-19(14-27-24)22-16-33-25(29-22)13-21-12-23(26(2,3)4)30-32(21)20-8-6-5-7-9-20;1-23(2,3)22-15-19(25(24-22)18-12-8-5-9-13-18)14-20(27)16-21(26)17-10-6-4-7-11-17;1-15(2,3)13-9-12(10-14(16)19)18(17-13)11-7-5-4-6-8-11;1-13(2,3)11-9-12(14)16(15-11)10-7-5-4-6-8-10;1-7(2,3)6(9)5-8-4;7-8-6-4-2-1-3-5-6/h5-12,14-17H,13H2,1-4H3;4-13,15H,14,16H2,1-3H3;4-9H,10H2,1-3H3,(H2,16,19);4-9H,14H2,1-3H3;5H2,1-3H3;1-5,8H,7H2. The number of benzene rings is 6. The first-order chi connectivity index (χ1) is 53.0. The lowest BCUT2D eigenvalue weighted by Crippen LogP contribution is -2.21. The molecule has 0 amide bonds. The number of hydrazine groups is 1. The number of hydrogen-bond acceptors (Lipinski definition) is 15. The number of nitrogens with zero attached hydrogens (tertiary/aromatic N) is 13. The summed E-state index contributed by atoms with van der Waals surface area (Å²) in [6.07, 6.45) is 7.71.